The number of hydrogen-bond donors (Lipinski definition) is 2. The van der Waals surface area contributed by atoms with Crippen LogP contribution in [0.1, 0.15) is 49.1 Å². The lowest BCUT2D eigenvalue weighted by atomic mass is 9.92. The number of benzene rings is 2. The first kappa shape index (κ1) is 22.4. The molecule has 2 aromatic rings. The number of carbonyl (C=O) groups is 3. The van der Waals surface area contributed by atoms with Crippen LogP contribution in [0.2, 0.25) is 0 Å². The number of hydrogen-bond acceptors (Lipinski definition) is 4. The van der Waals surface area contributed by atoms with E-state index in [2.05, 4.69) is 29.6 Å². The number of carboxylic acid groups (broad SMARTS) is 1. The van der Waals surface area contributed by atoms with Crippen molar-refractivity contribution in [2.75, 3.05) is 19.7 Å². The van der Waals surface area contributed by atoms with Gasteiger partial charge in [-0.15, -0.1) is 0 Å². The van der Waals surface area contributed by atoms with Crippen molar-refractivity contribution in [1.82, 2.24) is 10.2 Å². The van der Waals surface area contributed by atoms with Gasteiger partial charge in [0, 0.05) is 37.4 Å². The Morgan fingerprint density at radius 1 is 0.971 bits per heavy atom. The Bertz CT molecular complexity index is 1050. The summed E-state index contributed by atoms with van der Waals surface area (Å²) < 4.78 is 5.64. The fourth-order valence-electron chi connectivity index (χ4n) is 5.66. The molecule has 1 saturated carbocycles. The SMILES string of the molecule is O=C(O)CCC1CN(C(=O)[C@@H]2CC[C@H](NC(=O)OCC3c4ccccc4-c4ccccc43)C2)C1. The fourth-order valence-corrected chi connectivity index (χ4v) is 5.66. The highest BCUT2D eigenvalue weighted by atomic mass is 16.5. The highest BCUT2D eigenvalue weighted by Crippen LogP contribution is 2.44. The first-order valence-electron chi connectivity index (χ1n) is 12.1. The van der Waals surface area contributed by atoms with Gasteiger partial charge in [-0.05, 0) is 53.9 Å². The zero-order chi connectivity index (χ0) is 23.7. The molecule has 0 radical (unpaired) electrons. The lowest BCUT2D eigenvalue weighted by Gasteiger charge is -2.40. The van der Waals surface area contributed by atoms with Crippen LogP contribution in [0, 0.1) is 11.8 Å². The van der Waals surface area contributed by atoms with E-state index in [0.717, 1.165) is 12.8 Å². The number of aliphatic carboxylic acids is 1. The second kappa shape index (κ2) is 9.49. The van der Waals surface area contributed by atoms with Gasteiger partial charge in [-0.1, -0.05) is 48.5 Å². The maximum absolute atomic E-state index is 12.7. The number of nitrogens with zero attached hydrogens (tertiary/aromatic N) is 1. The molecule has 1 aliphatic heterocycles. The highest BCUT2D eigenvalue weighted by molar-refractivity contribution is 5.81. The maximum atomic E-state index is 12.7. The van der Waals surface area contributed by atoms with Crippen molar-refractivity contribution in [3.63, 3.8) is 0 Å². The van der Waals surface area contributed by atoms with Crippen molar-refractivity contribution in [1.29, 1.82) is 0 Å². The molecule has 0 bridgehead atoms. The normalized spacial score (nSPS) is 21.5. The first-order valence-corrected chi connectivity index (χ1v) is 12.1. The van der Waals surface area contributed by atoms with Crippen molar-refractivity contribution < 1.29 is 24.2 Å². The number of alkyl carbamates (subject to hydrolysis) is 1. The third kappa shape index (κ3) is 4.52. The van der Waals surface area contributed by atoms with E-state index in [1.54, 1.807) is 0 Å². The second-order valence-corrected chi connectivity index (χ2v) is 9.72. The first-order chi connectivity index (χ1) is 16.5. The monoisotopic (exact) mass is 462 g/mol. The van der Waals surface area contributed by atoms with Crippen LogP contribution in [0.15, 0.2) is 48.5 Å². The van der Waals surface area contributed by atoms with Gasteiger partial charge in [-0.25, -0.2) is 4.79 Å². The summed E-state index contributed by atoms with van der Waals surface area (Å²) in [7, 11) is 0. The molecule has 178 valence electrons. The molecular formula is C27H30N2O5. The largest absolute Gasteiger partial charge is 0.481 e. The Kier molecular flexibility index (Phi) is 6.26. The van der Waals surface area contributed by atoms with Crippen LogP contribution < -0.4 is 5.32 Å². The smallest absolute Gasteiger partial charge is 0.407 e. The van der Waals surface area contributed by atoms with Crippen molar-refractivity contribution in [2.45, 2.75) is 44.1 Å². The van der Waals surface area contributed by atoms with E-state index in [1.165, 1.54) is 22.3 Å². The summed E-state index contributed by atoms with van der Waals surface area (Å²) in [5, 5.41) is 11.7. The number of carbonyl (C=O) groups excluding carboxylic acids is 2. The van der Waals surface area contributed by atoms with Gasteiger partial charge in [-0.2, -0.15) is 0 Å². The average Bonchev–Trinajstić information content (AvgIpc) is 3.39. The quantitative estimate of drug-likeness (QED) is 0.648. The molecule has 0 spiro atoms. The van der Waals surface area contributed by atoms with Crippen molar-refractivity contribution in [3.8, 4) is 11.1 Å². The van der Waals surface area contributed by atoms with E-state index in [-0.39, 0.29) is 42.7 Å². The molecule has 0 aromatic heterocycles. The molecular weight excluding hydrogens is 432 g/mol. The molecule has 2 amide bonds. The van der Waals surface area contributed by atoms with Gasteiger partial charge in [0.1, 0.15) is 6.61 Å². The highest BCUT2D eigenvalue weighted by Gasteiger charge is 2.38. The number of ether oxygens (including phenoxy) is 1. The van der Waals surface area contributed by atoms with E-state index in [1.807, 2.05) is 29.2 Å². The minimum atomic E-state index is -0.789. The van der Waals surface area contributed by atoms with Crippen molar-refractivity contribution in [3.05, 3.63) is 59.7 Å². The summed E-state index contributed by atoms with van der Waals surface area (Å²) in [5.41, 5.74) is 4.75. The van der Waals surface area contributed by atoms with Gasteiger partial charge >= 0.3 is 12.1 Å². The number of rotatable bonds is 7. The van der Waals surface area contributed by atoms with Crippen LogP contribution >= 0.6 is 0 Å². The van der Waals surface area contributed by atoms with Crippen LogP contribution in [-0.4, -0.2) is 53.7 Å². The number of likely N-dealkylation sites (tertiary alicyclic amines) is 1. The predicted octanol–water partition coefficient (Wildman–Crippen LogP) is 4.02. The van der Waals surface area contributed by atoms with Crippen LogP contribution in [0.4, 0.5) is 4.79 Å². The molecule has 5 rings (SSSR count). The number of nitrogens with one attached hydrogen (secondary N) is 1. The van der Waals surface area contributed by atoms with Gasteiger partial charge in [0.15, 0.2) is 0 Å². The third-order valence-electron chi connectivity index (χ3n) is 7.48. The number of carboxylic acids is 1. The Hall–Kier alpha value is -3.35. The molecule has 2 aliphatic carbocycles. The van der Waals surface area contributed by atoms with Gasteiger partial charge in [0.05, 0.1) is 0 Å². The fraction of sp³-hybridized carbons (Fsp3) is 0.444. The van der Waals surface area contributed by atoms with Crippen LogP contribution in [0.3, 0.4) is 0 Å². The standard InChI is InChI=1S/C27H30N2O5/c30-25(31)12-9-17-14-29(15-17)26(32)18-10-11-19(13-18)28-27(33)34-16-24-22-7-3-1-5-20(22)21-6-2-4-8-23(21)24/h1-8,17-19,24H,9-16H2,(H,28,33)(H,30,31)/t18-,19+/m1/s1. The van der Waals surface area contributed by atoms with Gasteiger partial charge in [0.2, 0.25) is 5.91 Å². The molecule has 1 saturated heterocycles. The van der Waals surface area contributed by atoms with Crippen molar-refractivity contribution >= 4 is 18.0 Å². The van der Waals surface area contributed by atoms with E-state index in [4.69, 9.17) is 9.84 Å². The summed E-state index contributed by atoms with van der Waals surface area (Å²) in [4.78, 5) is 37.8. The van der Waals surface area contributed by atoms with E-state index < -0.39 is 12.1 Å². The molecule has 34 heavy (non-hydrogen) atoms. The lowest BCUT2D eigenvalue weighted by molar-refractivity contribution is -0.142. The molecule has 1 heterocycles. The summed E-state index contributed by atoms with van der Waals surface area (Å²) in [6.45, 7) is 1.57. The topological polar surface area (TPSA) is 95.9 Å². The Morgan fingerprint density at radius 3 is 2.26 bits per heavy atom. The molecule has 2 aromatic carbocycles. The van der Waals surface area contributed by atoms with E-state index in [9.17, 15) is 14.4 Å². The average molecular weight is 463 g/mol. The summed E-state index contributed by atoms with van der Waals surface area (Å²) in [5.74, 6) is -0.432. The van der Waals surface area contributed by atoms with Gasteiger partial charge in [-0.3, -0.25) is 9.59 Å². The molecule has 0 unspecified atom stereocenters. The minimum Gasteiger partial charge on any atom is -0.481 e. The molecule has 3 aliphatic rings. The zero-order valence-electron chi connectivity index (χ0n) is 19.1. The molecule has 2 atom stereocenters. The number of fused-ring (bicyclic) bond motifs is 3. The van der Waals surface area contributed by atoms with Crippen LogP contribution in [0.25, 0.3) is 11.1 Å². The van der Waals surface area contributed by atoms with Gasteiger partial charge in [0.25, 0.3) is 0 Å². The second-order valence-electron chi connectivity index (χ2n) is 9.72. The Labute approximate surface area is 199 Å². The van der Waals surface area contributed by atoms with Crippen molar-refractivity contribution in [2.24, 2.45) is 11.8 Å². The number of amides is 2. The molecule has 2 N–H and O–H groups in total. The Balaban J connectivity index is 1.09. The zero-order valence-corrected chi connectivity index (χ0v) is 19.1. The van der Waals surface area contributed by atoms with E-state index >= 15 is 0 Å². The lowest BCUT2D eigenvalue weighted by Crippen LogP contribution is -2.52. The van der Waals surface area contributed by atoms with Gasteiger partial charge < -0.3 is 20.1 Å². The summed E-state index contributed by atoms with van der Waals surface area (Å²) >= 11 is 0. The minimum absolute atomic E-state index is 0.0246. The van der Waals surface area contributed by atoms with Crippen LogP contribution in [0.5, 0.6) is 0 Å². The molecule has 7 heteroatoms. The van der Waals surface area contributed by atoms with E-state index in [0.29, 0.717) is 25.9 Å². The summed E-state index contributed by atoms with van der Waals surface area (Å²) in [6, 6.07) is 16.4. The maximum Gasteiger partial charge on any atom is 0.407 e. The van der Waals surface area contributed by atoms with Crippen LogP contribution in [-0.2, 0) is 14.3 Å². The molecule has 7 nitrogen and oxygen atoms in total. The predicted molar refractivity (Wildman–Crippen MR) is 126 cm³/mol. The Morgan fingerprint density at radius 2 is 1.62 bits per heavy atom. The summed E-state index contributed by atoms with van der Waals surface area (Å²) in [6.07, 6.45) is 2.48. The molecule has 2 fully saturated rings. The third-order valence-corrected chi connectivity index (χ3v) is 7.48.